The molecule has 0 aliphatic heterocycles. The van der Waals surface area contributed by atoms with Crippen LogP contribution >= 0.6 is 15.9 Å². The molecular weight excluding hydrogens is 238 g/mol. The van der Waals surface area contributed by atoms with Gasteiger partial charge in [-0.3, -0.25) is 4.79 Å². The van der Waals surface area contributed by atoms with Crippen LogP contribution < -0.4 is 5.32 Å². The molecule has 0 unspecified atom stereocenters. The monoisotopic (exact) mass is 245 g/mol. The van der Waals surface area contributed by atoms with Gasteiger partial charge in [-0.25, -0.2) is 9.97 Å². The first-order valence-corrected chi connectivity index (χ1v) is 4.35. The summed E-state index contributed by atoms with van der Waals surface area (Å²) in [5.41, 5.74) is 0. The van der Waals surface area contributed by atoms with Crippen molar-refractivity contribution in [2.45, 2.75) is 13.0 Å². The number of nitrogens with one attached hydrogen (secondary N) is 1. The van der Waals surface area contributed by atoms with E-state index in [9.17, 15) is 4.79 Å². The maximum Gasteiger partial charge on any atom is 0.325 e. The number of anilines is 1. The second-order valence-corrected chi connectivity index (χ2v) is 3.28. The zero-order valence-electron chi connectivity index (χ0n) is 6.86. The summed E-state index contributed by atoms with van der Waals surface area (Å²) in [6.45, 7) is 1.54. The molecule has 0 fully saturated rings. The Hall–Kier alpha value is -1.17. The highest BCUT2D eigenvalue weighted by Crippen LogP contribution is 2.17. The largest absolute Gasteiger partial charge is 0.480 e. The van der Waals surface area contributed by atoms with Crippen molar-refractivity contribution in [3.8, 4) is 0 Å². The van der Waals surface area contributed by atoms with Gasteiger partial charge in [0.2, 0.25) is 0 Å². The van der Waals surface area contributed by atoms with Gasteiger partial charge in [0.15, 0.2) is 0 Å². The molecule has 1 heterocycles. The minimum Gasteiger partial charge on any atom is -0.480 e. The Morgan fingerprint density at radius 3 is 3.00 bits per heavy atom. The highest BCUT2D eigenvalue weighted by molar-refractivity contribution is 9.10. The summed E-state index contributed by atoms with van der Waals surface area (Å²) in [7, 11) is 0. The molecule has 0 amide bonds. The molecule has 2 N–H and O–H groups in total. The van der Waals surface area contributed by atoms with Crippen LogP contribution in [0.4, 0.5) is 5.82 Å². The lowest BCUT2D eigenvalue weighted by Gasteiger charge is -2.09. The Bertz CT molecular complexity index is 318. The molecule has 70 valence electrons. The lowest BCUT2D eigenvalue weighted by molar-refractivity contribution is -0.137. The number of hydrogen-bond acceptors (Lipinski definition) is 4. The maximum atomic E-state index is 10.5. The highest BCUT2D eigenvalue weighted by Gasteiger charge is 2.12. The van der Waals surface area contributed by atoms with E-state index in [0.717, 1.165) is 0 Å². The molecule has 1 rings (SSSR count). The van der Waals surface area contributed by atoms with Crippen LogP contribution in [0.2, 0.25) is 0 Å². The number of halogens is 1. The molecule has 0 spiro atoms. The zero-order chi connectivity index (χ0) is 9.84. The Kier molecular flexibility index (Phi) is 3.18. The normalized spacial score (nSPS) is 12.2. The first kappa shape index (κ1) is 9.91. The van der Waals surface area contributed by atoms with E-state index in [1.807, 2.05) is 0 Å². The van der Waals surface area contributed by atoms with Gasteiger partial charge in [-0.1, -0.05) is 0 Å². The molecule has 1 aromatic rings. The quantitative estimate of drug-likeness (QED) is 0.835. The van der Waals surface area contributed by atoms with E-state index in [4.69, 9.17) is 5.11 Å². The molecule has 0 saturated carbocycles. The summed E-state index contributed by atoms with van der Waals surface area (Å²) in [6, 6.07) is -0.675. The van der Waals surface area contributed by atoms with Crippen LogP contribution in [0.5, 0.6) is 0 Å². The van der Waals surface area contributed by atoms with Gasteiger partial charge in [-0.2, -0.15) is 0 Å². The van der Waals surface area contributed by atoms with Crippen LogP contribution in [0.3, 0.4) is 0 Å². The summed E-state index contributed by atoms with van der Waals surface area (Å²) in [5, 5.41) is 11.3. The minimum absolute atomic E-state index is 0.477. The number of aliphatic carboxylic acids is 1. The van der Waals surface area contributed by atoms with Gasteiger partial charge in [0, 0.05) is 6.20 Å². The van der Waals surface area contributed by atoms with Crippen LogP contribution in [0.1, 0.15) is 6.92 Å². The van der Waals surface area contributed by atoms with E-state index in [-0.39, 0.29) is 0 Å². The molecule has 0 aromatic carbocycles. The van der Waals surface area contributed by atoms with Gasteiger partial charge in [-0.15, -0.1) is 0 Å². The van der Waals surface area contributed by atoms with Crippen molar-refractivity contribution in [3.05, 3.63) is 17.0 Å². The fourth-order valence-corrected chi connectivity index (χ4v) is 1.02. The molecule has 0 aliphatic rings. The summed E-state index contributed by atoms with van der Waals surface area (Å²) < 4.78 is 0.642. The number of carboxylic acid groups (broad SMARTS) is 1. The van der Waals surface area contributed by atoms with Gasteiger partial charge in [0.25, 0.3) is 0 Å². The predicted molar refractivity (Wildman–Crippen MR) is 50.5 cm³/mol. The van der Waals surface area contributed by atoms with Gasteiger partial charge < -0.3 is 10.4 Å². The Labute approximate surface area is 83.3 Å². The van der Waals surface area contributed by atoms with Crippen molar-refractivity contribution < 1.29 is 9.90 Å². The van der Waals surface area contributed by atoms with E-state index >= 15 is 0 Å². The molecule has 1 aromatic heterocycles. The lowest BCUT2D eigenvalue weighted by Crippen LogP contribution is -2.26. The second kappa shape index (κ2) is 4.18. The van der Waals surface area contributed by atoms with Crippen molar-refractivity contribution in [1.29, 1.82) is 0 Å². The second-order valence-electron chi connectivity index (χ2n) is 2.42. The molecule has 0 saturated heterocycles. The number of carbonyl (C=O) groups is 1. The zero-order valence-corrected chi connectivity index (χ0v) is 8.45. The van der Waals surface area contributed by atoms with Crippen molar-refractivity contribution in [2.75, 3.05) is 5.32 Å². The van der Waals surface area contributed by atoms with Gasteiger partial charge in [0.05, 0.1) is 4.47 Å². The third-order valence-corrected chi connectivity index (χ3v) is 1.97. The summed E-state index contributed by atoms with van der Waals surface area (Å²) in [4.78, 5) is 18.1. The van der Waals surface area contributed by atoms with Crippen LogP contribution in [0.15, 0.2) is 17.0 Å². The van der Waals surface area contributed by atoms with E-state index in [1.165, 1.54) is 13.3 Å². The number of carboxylic acids is 1. The third kappa shape index (κ3) is 2.66. The average molecular weight is 246 g/mol. The van der Waals surface area contributed by atoms with Crippen LogP contribution in [-0.4, -0.2) is 27.1 Å². The molecule has 13 heavy (non-hydrogen) atoms. The van der Waals surface area contributed by atoms with Crippen LogP contribution in [0.25, 0.3) is 0 Å². The van der Waals surface area contributed by atoms with Gasteiger partial charge in [0.1, 0.15) is 18.2 Å². The summed E-state index contributed by atoms with van der Waals surface area (Å²) in [5.74, 6) is -0.449. The lowest BCUT2D eigenvalue weighted by atomic mass is 10.3. The predicted octanol–water partition coefficient (Wildman–Crippen LogP) is 1.12. The molecular formula is C7H8BrN3O2. The van der Waals surface area contributed by atoms with Gasteiger partial charge >= 0.3 is 5.97 Å². The topological polar surface area (TPSA) is 75.1 Å². The van der Waals surface area contributed by atoms with Gasteiger partial charge in [-0.05, 0) is 22.9 Å². The van der Waals surface area contributed by atoms with Crippen molar-refractivity contribution in [3.63, 3.8) is 0 Å². The molecule has 0 aliphatic carbocycles. The van der Waals surface area contributed by atoms with E-state index in [2.05, 4.69) is 31.2 Å². The third-order valence-electron chi connectivity index (χ3n) is 1.39. The van der Waals surface area contributed by atoms with E-state index < -0.39 is 12.0 Å². The Balaban J connectivity index is 2.74. The molecule has 0 bridgehead atoms. The number of aromatic nitrogens is 2. The Morgan fingerprint density at radius 1 is 1.77 bits per heavy atom. The summed E-state index contributed by atoms with van der Waals surface area (Å²) in [6.07, 6.45) is 2.89. The number of rotatable bonds is 3. The Morgan fingerprint density at radius 2 is 2.46 bits per heavy atom. The standard InChI is InChI=1S/C7H8BrN3O2/c1-4(7(12)13)11-6-5(8)2-9-3-10-6/h2-4H,1H3,(H,12,13)(H,9,10,11)/t4-/m0/s1. The van der Waals surface area contributed by atoms with E-state index in [1.54, 1.807) is 6.20 Å². The van der Waals surface area contributed by atoms with Crippen molar-refractivity contribution in [1.82, 2.24) is 9.97 Å². The van der Waals surface area contributed by atoms with Crippen LogP contribution in [-0.2, 0) is 4.79 Å². The minimum atomic E-state index is -0.925. The SMILES string of the molecule is C[C@H](Nc1ncncc1Br)C(=O)O. The summed E-state index contributed by atoms with van der Waals surface area (Å²) >= 11 is 3.19. The molecule has 0 radical (unpaired) electrons. The van der Waals surface area contributed by atoms with Crippen molar-refractivity contribution in [2.24, 2.45) is 0 Å². The van der Waals surface area contributed by atoms with Crippen LogP contribution in [0, 0.1) is 0 Å². The average Bonchev–Trinajstić information content (AvgIpc) is 2.08. The first-order chi connectivity index (χ1) is 6.11. The van der Waals surface area contributed by atoms with E-state index in [0.29, 0.717) is 10.3 Å². The maximum absolute atomic E-state index is 10.5. The molecule has 1 atom stereocenters. The fraction of sp³-hybridized carbons (Fsp3) is 0.286. The van der Waals surface area contributed by atoms with Crippen molar-refractivity contribution >= 4 is 27.7 Å². The first-order valence-electron chi connectivity index (χ1n) is 3.56. The fourth-order valence-electron chi connectivity index (χ4n) is 0.686. The smallest absolute Gasteiger partial charge is 0.325 e. The highest BCUT2D eigenvalue weighted by atomic mass is 79.9. The molecule has 5 nitrogen and oxygen atoms in total. The number of nitrogens with zero attached hydrogens (tertiary/aromatic N) is 2. The number of hydrogen-bond donors (Lipinski definition) is 2. The molecule has 6 heteroatoms.